The largest absolute Gasteiger partial charge is 0.326 e. The Morgan fingerprint density at radius 1 is 0.955 bits per heavy atom. The average Bonchev–Trinajstić information content (AvgIpc) is 2.47. The third-order valence-electron chi connectivity index (χ3n) is 3.82. The van der Waals surface area contributed by atoms with E-state index >= 15 is 0 Å². The number of carbonyl (C=O) groups is 1. The molecule has 0 saturated carbocycles. The van der Waals surface area contributed by atoms with E-state index < -0.39 is 0 Å². The summed E-state index contributed by atoms with van der Waals surface area (Å²) in [5.41, 5.74) is 5.76. The summed E-state index contributed by atoms with van der Waals surface area (Å²) >= 11 is 1.73. The topological polar surface area (TPSA) is 29.1 Å². The Kier molecular flexibility index (Phi) is 5.67. The molecule has 0 aromatic heterocycles. The number of para-hydroxylation sites is 1. The Hall–Kier alpha value is -1.74. The summed E-state index contributed by atoms with van der Waals surface area (Å²) in [5.74, 6) is 0.868. The Morgan fingerprint density at radius 2 is 1.64 bits per heavy atom. The van der Waals surface area contributed by atoms with Gasteiger partial charge in [0.05, 0.1) is 0 Å². The zero-order valence-electron chi connectivity index (χ0n) is 13.7. The molecule has 2 aromatic rings. The molecule has 1 amide bonds. The van der Waals surface area contributed by atoms with Gasteiger partial charge in [0.15, 0.2) is 0 Å². The van der Waals surface area contributed by atoms with Gasteiger partial charge in [0.1, 0.15) is 0 Å². The van der Waals surface area contributed by atoms with Crippen molar-refractivity contribution < 1.29 is 4.79 Å². The Labute approximate surface area is 137 Å². The quantitative estimate of drug-likeness (QED) is 0.783. The first-order valence-corrected chi connectivity index (χ1v) is 8.52. The molecular formula is C19H23NOS. The molecule has 3 heteroatoms. The van der Waals surface area contributed by atoms with Gasteiger partial charge in [0.2, 0.25) is 5.91 Å². The lowest BCUT2D eigenvalue weighted by Crippen LogP contribution is -2.14. The summed E-state index contributed by atoms with van der Waals surface area (Å²) in [4.78, 5) is 13.3. The average molecular weight is 313 g/mol. The Bertz CT molecular complexity index is 659. The van der Waals surface area contributed by atoms with Gasteiger partial charge in [0.25, 0.3) is 0 Å². The maximum Gasteiger partial charge on any atom is 0.225 e. The summed E-state index contributed by atoms with van der Waals surface area (Å²) in [5, 5.41) is 3.03. The van der Waals surface area contributed by atoms with Gasteiger partial charge in [-0.1, -0.05) is 24.3 Å². The first kappa shape index (κ1) is 16.6. The van der Waals surface area contributed by atoms with Crippen molar-refractivity contribution in [2.24, 2.45) is 0 Å². The molecule has 22 heavy (non-hydrogen) atoms. The summed E-state index contributed by atoms with van der Waals surface area (Å²) in [6.45, 7) is 8.27. The highest BCUT2D eigenvalue weighted by Crippen LogP contribution is 2.23. The number of hydrogen-bond acceptors (Lipinski definition) is 2. The van der Waals surface area contributed by atoms with Crippen LogP contribution in [0.5, 0.6) is 0 Å². The number of rotatable bonds is 5. The minimum absolute atomic E-state index is 0.0775. The first-order chi connectivity index (χ1) is 10.5. The van der Waals surface area contributed by atoms with Gasteiger partial charge >= 0.3 is 0 Å². The highest BCUT2D eigenvalue weighted by molar-refractivity contribution is 7.99. The minimum atomic E-state index is 0.0775. The van der Waals surface area contributed by atoms with Crippen LogP contribution in [0.1, 0.15) is 28.7 Å². The van der Waals surface area contributed by atoms with Crippen LogP contribution in [0.15, 0.2) is 41.3 Å². The Balaban J connectivity index is 1.86. The van der Waals surface area contributed by atoms with Crippen LogP contribution in [-0.4, -0.2) is 11.7 Å². The van der Waals surface area contributed by atoms with Crippen LogP contribution in [0, 0.1) is 27.7 Å². The van der Waals surface area contributed by atoms with Crippen molar-refractivity contribution >= 4 is 23.4 Å². The smallest absolute Gasteiger partial charge is 0.225 e. The van der Waals surface area contributed by atoms with Crippen molar-refractivity contribution in [3.8, 4) is 0 Å². The molecule has 0 fully saturated rings. The number of aryl methyl sites for hydroxylation is 4. The normalized spacial score (nSPS) is 10.5. The molecule has 0 atom stereocenters. The third-order valence-corrected chi connectivity index (χ3v) is 4.82. The molecule has 0 heterocycles. The summed E-state index contributed by atoms with van der Waals surface area (Å²) in [6.07, 6.45) is 0.519. The molecule has 0 saturated heterocycles. The predicted molar refractivity (Wildman–Crippen MR) is 95.8 cm³/mol. The Morgan fingerprint density at radius 3 is 2.27 bits per heavy atom. The van der Waals surface area contributed by atoms with Crippen LogP contribution < -0.4 is 5.32 Å². The second kappa shape index (κ2) is 7.50. The molecular weight excluding hydrogens is 290 g/mol. The fraction of sp³-hybridized carbons (Fsp3) is 0.316. The number of thioether (sulfide) groups is 1. The maximum atomic E-state index is 12.1. The third kappa shape index (κ3) is 4.38. The number of carbonyl (C=O) groups excluding carboxylic acids is 1. The number of nitrogens with one attached hydrogen (secondary N) is 1. The van der Waals surface area contributed by atoms with E-state index in [9.17, 15) is 4.79 Å². The van der Waals surface area contributed by atoms with Crippen molar-refractivity contribution in [3.05, 3.63) is 58.7 Å². The van der Waals surface area contributed by atoms with E-state index in [2.05, 4.69) is 37.4 Å². The van der Waals surface area contributed by atoms with E-state index in [1.165, 1.54) is 16.0 Å². The molecule has 116 valence electrons. The highest BCUT2D eigenvalue weighted by Gasteiger charge is 2.07. The first-order valence-electron chi connectivity index (χ1n) is 7.53. The van der Waals surface area contributed by atoms with Crippen LogP contribution in [0.2, 0.25) is 0 Å². The standard InChI is InChI=1S/C19H23NOS/c1-13-8-9-17(12-16(13)4)22-11-10-18(21)20-19-14(2)6-5-7-15(19)3/h5-9,12H,10-11H2,1-4H3,(H,20,21). The molecule has 1 N–H and O–H groups in total. The lowest BCUT2D eigenvalue weighted by molar-refractivity contribution is -0.115. The van der Waals surface area contributed by atoms with Crippen molar-refractivity contribution in [2.75, 3.05) is 11.1 Å². The number of benzene rings is 2. The van der Waals surface area contributed by atoms with Crippen LogP contribution in [0.25, 0.3) is 0 Å². The van der Waals surface area contributed by atoms with Gasteiger partial charge in [-0.3, -0.25) is 4.79 Å². The van der Waals surface area contributed by atoms with E-state index in [1.807, 2.05) is 32.0 Å². The SMILES string of the molecule is Cc1ccc(SCCC(=O)Nc2c(C)cccc2C)cc1C. The lowest BCUT2D eigenvalue weighted by atomic mass is 10.1. The molecule has 0 aliphatic heterocycles. The van der Waals surface area contributed by atoms with Gasteiger partial charge in [-0.2, -0.15) is 0 Å². The fourth-order valence-electron chi connectivity index (χ4n) is 2.28. The molecule has 0 radical (unpaired) electrons. The molecule has 2 aromatic carbocycles. The van der Waals surface area contributed by atoms with E-state index in [-0.39, 0.29) is 5.91 Å². The summed E-state index contributed by atoms with van der Waals surface area (Å²) < 4.78 is 0. The maximum absolute atomic E-state index is 12.1. The molecule has 2 nitrogen and oxygen atoms in total. The van der Waals surface area contributed by atoms with Crippen molar-refractivity contribution in [1.82, 2.24) is 0 Å². The van der Waals surface area contributed by atoms with E-state index in [0.717, 1.165) is 22.6 Å². The van der Waals surface area contributed by atoms with E-state index in [4.69, 9.17) is 0 Å². The van der Waals surface area contributed by atoms with Crippen molar-refractivity contribution in [2.45, 2.75) is 39.0 Å². The number of anilines is 1. The predicted octanol–water partition coefficient (Wildman–Crippen LogP) is 5.04. The molecule has 0 unspecified atom stereocenters. The second-order valence-electron chi connectivity index (χ2n) is 5.66. The van der Waals surface area contributed by atoms with Gasteiger partial charge in [-0.15, -0.1) is 11.8 Å². The number of hydrogen-bond donors (Lipinski definition) is 1. The van der Waals surface area contributed by atoms with Crippen LogP contribution in [-0.2, 0) is 4.79 Å². The number of amides is 1. The zero-order chi connectivity index (χ0) is 16.1. The minimum Gasteiger partial charge on any atom is -0.326 e. The molecule has 0 spiro atoms. The van der Waals surface area contributed by atoms with Gasteiger partial charge in [-0.05, 0) is 62.1 Å². The summed E-state index contributed by atoms with van der Waals surface area (Å²) in [7, 11) is 0. The molecule has 0 aliphatic rings. The highest BCUT2D eigenvalue weighted by atomic mass is 32.2. The van der Waals surface area contributed by atoms with E-state index in [1.54, 1.807) is 11.8 Å². The van der Waals surface area contributed by atoms with Gasteiger partial charge in [-0.25, -0.2) is 0 Å². The van der Waals surface area contributed by atoms with E-state index in [0.29, 0.717) is 6.42 Å². The van der Waals surface area contributed by atoms with Gasteiger partial charge < -0.3 is 5.32 Å². The lowest BCUT2D eigenvalue weighted by Gasteiger charge is -2.11. The molecule has 2 rings (SSSR count). The fourth-order valence-corrected chi connectivity index (χ4v) is 3.23. The van der Waals surface area contributed by atoms with Crippen molar-refractivity contribution in [3.63, 3.8) is 0 Å². The molecule has 0 aliphatic carbocycles. The zero-order valence-corrected chi connectivity index (χ0v) is 14.5. The summed E-state index contributed by atoms with van der Waals surface area (Å²) in [6, 6.07) is 12.5. The van der Waals surface area contributed by atoms with Crippen LogP contribution in [0.4, 0.5) is 5.69 Å². The molecule has 0 bridgehead atoms. The van der Waals surface area contributed by atoms with Crippen LogP contribution >= 0.6 is 11.8 Å². The van der Waals surface area contributed by atoms with Crippen LogP contribution in [0.3, 0.4) is 0 Å². The monoisotopic (exact) mass is 313 g/mol. The second-order valence-corrected chi connectivity index (χ2v) is 6.83. The van der Waals surface area contributed by atoms with Gasteiger partial charge in [0, 0.05) is 22.8 Å². The van der Waals surface area contributed by atoms with Crippen molar-refractivity contribution in [1.29, 1.82) is 0 Å².